The summed E-state index contributed by atoms with van der Waals surface area (Å²) in [6.45, 7) is 7.07. The zero-order valence-corrected chi connectivity index (χ0v) is 12.3. The van der Waals surface area contributed by atoms with E-state index < -0.39 is 0 Å². The number of hydrogen-bond donors (Lipinski definition) is 1. The molecule has 0 aliphatic rings. The molecule has 3 nitrogen and oxygen atoms in total. The molecule has 1 aromatic heterocycles. The van der Waals surface area contributed by atoms with E-state index in [9.17, 15) is 4.79 Å². The number of carbonyl (C=O) groups excluding carboxylic acids is 1. The molecule has 0 aliphatic carbocycles. The lowest BCUT2D eigenvalue weighted by atomic mass is 10.1. The van der Waals surface area contributed by atoms with Gasteiger partial charge in [0.25, 0.3) is 0 Å². The molecule has 0 fully saturated rings. The molecule has 0 bridgehead atoms. The molecule has 0 radical (unpaired) electrons. The Labute approximate surface area is 112 Å². The fourth-order valence-electron chi connectivity index (χ4n) is 1.46. The van der Waals surface area contributed by atoms with Crippen LogP contribution in [0.4, 0.5) is 0 Å². The Morgan fingerprint density at radius 1 is 1.47 bits per heavy atom. The molecule has 1 aromatic rings. The highest BCUT2D eigenvalue weighted by atomic mass is 35.5. The van der Waals surface area contributed by atoms with Gasteiger partial charge in [0.15, 0.2) is 0 Å². The molecule has 1 N–H and O–H groups in total. The first kappa shape index (κ1) is 14.5. The molecule has 0 atom stereocenters. The SMILES string of the molecule is CN(CC(=O)NC(C)(C)C)Cc1ccc(Cl)s1. The molecule has 17 heavy (non-hydrogen) atoms. The minimum absolute atomic E-state index is 0.0441. The van der Waals surface area contributed by atoms with Crippen LogP contribution in [-0.2, 0) is 11.3 Å². The van der Waals surface area contributed by atoms with Crippen molar-refractivity contribution in [1.82, 2.24) is 10.2 Å². The minimum Gasteiger partial charge on any atom is -0.350 e. The van der Waals surface area contributed by atoms with E-state index in [2.05, 4.69) is 5.32 Å². The summed E-state index contributed by atoms with van der Waals surface area (Å²) in [5.41, 5.74) is -0.176. The molecule has 0 aliphatic heterocycles. The average Bonchev–Trinajstić information content (AvgIpc) is 2.46. The lowest BCUT2D eigenvalue weighted by molar-refractivity contribution is -0.123. The van der Waals surface area contributed by atoms with Crippen LogP contribution >= 0.6 is 22.9 Å². The normalized spacial score (nSPS) is 11.9. The van der Waals surface area contributed by atoms with E-state index in [1.54, 1.807) is 11.3 Å². The molecule has 0 saturated carbocycles. The highest BCUT2D eigenvalue weighted by Gasteiger charge is 2.15. The monoisotopic (exact) mass is 274 g/mol. The molecule has 0 saturated heterocycles. The largest absolute Gasteiger partial charge is 0.350 e. The van der Waals surface area contributed by atoms with Crippen molar-refractivity contribution in [2.24, 2.45) is 0 Å². The third-order valence-electron chi connectivity index (χ3n) is 1.98. The Bertz CT molecular complexity index is 384. The van der Waals surface area contributed by atoms with Gasteiger partial charge in [0.2, 0.25) is 5.91 Å². The molecule has 96 valence electrons. The second-order valence-corrected chi connectivity index (χ2v) is 6.98. The van der Waals surface area contributed by atoms with E-state index in [-0.39, 0.29) is 11.4 Å². The van der Waals surface area contributed by atoms with E-state index >= 15 is 0 Å². The zero-order valence-electron chi connectivity index (χ0n) is 10.7. The Morgan fingerprint density at radius 2 is 2.12 bits per heavy atom. The van der Waals surface area contributed by atoms with Gasteiger partial charge in [-0.25, -0.2) is 0 Å². The summed E-state index contributed by atoms with van der Waals surface area (Å²) in [4.78, 5) is 14.8. The van der Waals surface area contributed by atoms with E-state index in [0.29, 0.717) is 6.54 Å². The van der Waals surface area contributed by atoms with Crippen molar-refractivity contribution in [2.75, 3.05) is 13.6 Å². The van der Waals surface area contributed by atoms with Gasteiger partial charge in [-0.15, -0.1) is 11.3 Å². The maximum Gasteiger partial charge on any atom is 0.234 e. The van der Waals surface area contributed by atoms with Crippen molar-refractivity contribution >= 4 is 28.8 Å². The fraction of sp³-hybridized carbons (Fsp3) is 0.583. The van der Waals surface area contributed by atoms with Gasteiger partial charge >= 0.3 is 0 Å². The van der Waals surface area contributed by atoms with Crippen LogP contribution in [0.25, 0.3) is 0 Å². The second kappa shape index (κ2) is 5.85. The number of nitrogens with one attached hydrogen (secondary N) is 1. The van der Waals surface area contributed by atoms with Crippen LogP contribution in [0.3, 0.4) is 0 Å². The Kier molecular flexibility index (Phi) is 4.98. The molecule has 1 rings (SSSR count). The predicted octanol–water partition coefficient (Wildman–Crippen LogP) is 2.75. The zero-order chi connectivity index (χ0) is 13.1. The molecule has 1 amide bonds. The number of amides is 1. The minimum atomic E-state index is -0.176. The third-order valence-corrected chi connectivity index (χ3v) is 3.20. The Balaban J connectivity index is 2.39. The summed E-state index contributed by atoms with van der Waals surface area (Å²) in [5.74, 6) is 0.0441. The van der Waals surface area contributed by atoms with Gasteiger partial charge in [-0.3, -0.25) is 9.69 Å². The first-order chi connectivity index (χ1) is 7.76. The molecule has 0 unspecified atom stereocenters. The smallest absolute Gasteiger partial charge is 0.234 e. The molecule has 5 heteroatoms. The second-order valence-electron chi connectivity index (χ2n) is 5.18. The maximum atomic E-state index is 11.7. The van der Waals surface area contributed by atoms with Crippen LogP contribution in [0.1, 0.15) is 25.6 Å². The van der Waals surface area contributed by atoms with Crippen LogP contribution in [0.15, 0.2) is 12.1 Å². The number of rotatable bonds is 4. The third kappa shape index (κ3) is 6.05. The highest BCUT2D eigenvalue weighted by Crippen LogP contribution is 2.22. The number of nitrogens with zero attached hydrogens (tertiary/aromatic N) is 1. The van der Waals surface area contributed by atoms with Gasteiger partial charge in [-0.05, 0) is 40.0 Å². The summed E-state index contributed by atoms with van der Waals surface area (Å²) >= 11 is 7.41. The van der Waals surface area contributed by atoms with Crippen molar-refractivity contribution < 1.29 is 4.79 Å². The summed E-state index contributed by atoms with van der Waals surface area (Å²) in [6.07, 6.45) is 0. The van der Waals surface area contributed by atoms with Crippen molar-refractivity contribution in [3.05, 3.63) is 21.3 Å². The van der Waals surface area contributed by atoms with Crippen molar-refractivity contribution in [3.63, 3.8) is 0 Å². The lowest BCUT2D eigenvalue weighted by Crippen LogP contribution is -2.45. The van der Waals surface area contributed by atoms with E-state index in [1.807, 2.05) is 44.9 Å². The quantitative estimate of drug-likeness (QED) is 0.916. The Morgan fingerprint density at radius 3 is 2.59 bits per heavy atom. The summed E-state index contributed by atoms with van der Waals surface area (Å²) in [7, 11) is 1.93. The number of thiophene rings is 1. The van der Waals surface area contributed by atoms with E-state index in [4.69, 9.17) is 11.6 Å². The first-order valence-electron chi connectivity index (χ1n) is 5.50. The van der Waals surface area contributed by atoms with E-state index in [1.165, 1.54) is 4.88 Å². The standard InChI is InChI=1S/C12H19ClN2OS/c1-12(2,3)14-11(16)8-15(4)7-9-5-6-10(13)17-9/h5-6H,7-8H2,1-4H3,(H,14,16). The van der Waals surface area contributed by atoms with Gasteiger partial charge < -0.3 is 5.32 Å². The topological polar surface area (TPSA) is 32.3 Å². The summed E-state index contributed by atoms with van der Waals surface area (Å²) < 4.78 is 0.785. The fourth-order valence-corrected chi connectivity index (χ4v) is 2.63. The Hall–Kier alpha value is -0.580. The number of halogens is 1. The van der Waals surface area contributed by atoms with Crippen LogP contribution in [0.5, 0.6) is 0 Å². The maximum absolute atomic E-state index is 11.7. The van der Waals surface area contributed by atoms with Crippen molar-refractivity contribution in [3.8, 4) is 0 Å². The van der Waals surface area contributed by atoms with Gasteiger partial charge in [0.1, 0.15) is 0 Å². The van der Waals surface area contributed by atoms with Gasteiger partial charge in [0, 0.05) is 17.0 Å². The average molecular weight is 275 g/mol. The van der Waals surface area contributed by atoms with Gasteiger partial charge in [-0.2, -0.15) is 0 Å². The first-order valence-corrected chi connectivity index (χ1v) is 6.69. The summed E-state index contributed by atoms with van der Waals surface area (Å²) in [5, 5.41) is 2.94. The molecular formula is C12H19ClN2OS. The van der Waals surface area contributed by atoms with Crippen LogP contribution in [0, 0.1) is 0 Å². The van der Waals surface area contributed by atoms with Crippen LogP contribution in [0.2, 0.25) is 4.34 Å². The van der Waals surface area contributed by atoms with E-state index in [0.717, 1.165) is 10.9 Å². The van der Waals surface area contributed by atoms with Crippen LogP contribution < -0.4 is 5.32 Å². The molecular weight excluding hydrogens is 256 g/mol. The molecule has 0 aromatic carbocycles. The van der Waals surface area contributed by atoms with Crippen molar-refractivity contribution in [2.45, 2.75) is 32.9 Å². The molecule has 1 heterocycles. The number of hydrogen-bond acceptors (Lipinski definition) is 3. The highest BCUT2D eigenvalue weighted by molar-refractivity contribution is 7.16. The van der Waals surface area contributed by atoms with Gasteiger partial charge in [-0.1, -0.05) is 11.6 Å². The van der Waals surface area contributed by atoms with Crippen molar-refractivity contribution in [1.29, 1.82) is 0 Å². The summed E-state index contributed by atoms with van der Waals surface area (Å²) in [6, 6.07) is 3.87. The lowest BCUT2D eigenvalue weighted by Gasteiger charge is -2.23. The number of carbonyl (C=O) groups is 1. The van der Waals surface area contributed by atoms with Gasteiger partial charge in [0.05, 0.1) is 10.9 Å². The predicted molar refractivity (Wildman–Crippen MR) is 73.6 cm³/mol. The van der Waals surface area contributed by atoms with Crippen LogP contribution in [-0.4, -0.2) is 29.9 Å². The number of likely N-dealkylation sites (N-methyl/N-ethyl adjacent to an activating group) is 1. The molecule has 0 spiro atoms.